The molecule has 0 saturated carbocycles. The fraction of sp³-hybridized carbons (Fsp3) is 0.207. The summed E-state index contributed by atoms with van der Waals surface area (Å²) >= 11 is 3.77. The van der Waals surface area contributed by atoms with Crippen molar-refractivity contribution >= 4 is 52.1 Å². The molecule has 1 saturated heterocycles. The molecule has 0 radical (unpaired) electrons. The summed E-state index contributed by atoms with van der Waals surface area (Å²) in [6, 6.07) is 27.9. The molecule has 3 aromatic carbocycles. The van der Waals surface area contributed by atoms with Crippen molar-refractivity contribution in [1.29, 1.82) is 0 Å². The first-order chi connectivity index (χ1) is 18.1. The molecule has 2 unspecified atom stereocenters. The lowest BCUT2D eigenvalue weighted by atomic mass is 10.0. The van der Waals surface area contributed by atoms with E-state index < -0.39 is 18.1 Å². The molecule has 188 valence electrons. The molecule has 0 spiro atoms. The summed E-state index contributed by atoms with van der Waals surface area (Å²) in [5.74, 6) is -0.444. The van der Waals surface area contributed by atoms with Crippen LogP contribution in [0.4, 0.5) is 0 Å². The van der Waals surface area contributed by atoms with Crippen LogP contribution in [0.3, 0.4) is 0 Å². The molecule has 37 heavy (non-hydrogen) atoms. The van der Waals surface area contributed by atoms with Crippen LogP contribution in [0.15, 0.2) is 102 Å². The Hall–Kier alpha value is -3.11. The number of β-lactam (4-membered cyclic amide) rings is 1. The second-order valence-electron chi connectivity index (χ2n) is 8.81. The summed E-state index contributed by atoms with van der Waals surface area (Å²) in [7, 11) is 0. The van der Waals surface area contributed by atoms with Crippen LogP contribution in [0.1, 0.15) is 22.8 Å². The molecule has 2 atom stereocenters. The number of nitrogens with zero attached hydrogens (tertiary/aromatic N) is 1. The largest absolute Gasteiger partial charge is 0.448 e. The van der Waals surface area contributed by atoms with Crippen LogP contribution in [-0.4, -0.2) is 44.3 Å². The minimum Gasteiger partial charge on any atom is -0.448 e. The Morgan fingerprint density at radius 3 is 2.08 bits per heavy atom. The van der Waals surface area contributed by atoms with Crippen LogP contribution in [0.25, 0.3) is 0 Å². The number of ether oxygens (including phenoxy) is 1. The number of carbonyl (C=O) groups is 3. The SMILES string of the molecule is O=C(Cc1ccccc1)NC1C(=O)N2C(C(=O)OC(c3ccccc3)c3ccccc3)=C(CI)CSC12. The number of carbonyl (C=O) groups excluding carboxylic acids is 3. The third-order valence-electron chi connectivity index (χ3n) is 6.36. The molecule has 1 N–H and O–H groups in total. The zero-order chi connectivity index (χ0) is 25.8. The number of halogens is 1. The van der Waals surface area contributed by atoms with Crippen LogP contribution >= 0.6 is 34.4 Å². The van der Waals surface area contributed by atoms with Gasteiger partial charge >= 0.3 is 5.97 Å². The molecule has 1 fully saturated rings. The van der Waals surface area contributed by atoms with E-state index in [1.54, 1.807) is 11.8 Å². The van der Waals surface area contributed by atoms with Crippen molar-refractivity contribution in [3.63, 3.8) is 0 Å². The van der Waals surface area contributed by atoms with E-state index in [0.29, 0.717) is 15.9 Å². The van der Waals surface area contributed by atoms with Gasteiger partial charge in [0.1, 0.15) is 17.1 Å². The van der Waals surface area contributed by atoms with Gasteiger partial charge in [-0.15, -0.1) is 11.8 Å². The zero-order valence-corrected chi connectivity index (χ0v) is 22.9. The summed E-state index contributed by atoms with van der Waals surface area (Å²) in [4.78, 5) is 41.0. The summed E-state index contributed by atoms with van der Waals surface area (Å²) in [6.45, 7) is 0. The molecule has 0 aromatic heterocycles. The van der Waals surface area contributed by atoms with E-state index in [1.165, 1.54) is 4.90 Å². The topological polar surface area (TPSA) is 75.7 Å². The first-order valence-corrected chi connectivity index (χ1v) is 14.5. The molecule has 0 bridgehead atoms. The van der Waals surface area contributed by atoms with Crippen molar-refractivity contribution in [2.45, 2.75) is 23.9 Å². The molecule has 2 heterocycles. The first-order valence-electron chi connectivity index (χ1n) is 11.9. The van der Waals surface area contributed by atoms with E-state index in [9.17, 15) is 14.4 Å². The molecular formula is C29H25IN2O4S. The normalized spacial score (nSPS) is 18.8. The van der Waals surface area contributed by atoms with E-state index in [4.69, 9.17) is 4.74 Å². The van der Waals surface area contributed by atoms with Crippen molar-refractivity contribution in [3.05, 3.63) is 119 Å². The van der Waals surface area contributed by atoms with Gasteiger partial charge in [0, 0.05) is 10.2 Å². The Kier molecular flexibility index (Phi) is 7.95. The number of hydrogen-bond donors (Lipinski definition) is 1. The summed E-state index contributed by atoms with van der Waals surface area (Å²) < 4.78 is 6.70. The quantitative estimate of drug-likeness (QED) is 0.171. The van der Waals surface area contributed by atoms with E-state index in [1.807, 2.05) is 91.0 Å². The smallest absolute Gasteiger partial charge is 0.356 e. The third kappa shape index (κ3) is 5.45. The van der Waals surface area contributed by atoms with Crippen molar-refractivity contribution < 1.29 is 19.1 Å². The van der Waals surface area contributed by atoms with Gasteiger partial charge in [-0.3, -0.25) is 14.5 Å². The van der Waals surface area contributed by atoms with Gasteiger partial charge in [-0.25, -0.2) is 4.79 Å². The molecule has 6 nitrogen and oxygen atoms in total. The van der Waals surface area contributed by atoms with Gasteiger partial charge < -0.3 is 10.1 Å². The van der Waals surface area contributed by atoms with Crippen molar-refractivity contribution in [2.24, 2.45) is 0 Å². The Morgan fingerprint density at radius 2 is 1.51 bits per heavy atom. The first kappa shape index (κ1) is 25.5. The molecular weight excluding hydrogens is 599 g/mol. The third-order valence-corrected chi connectivity index (χ3v) is 8.62. The molecule has 5 rings (SSSR count). The zero-order valence-electron chi connectivity index (χ0n) is 19.9. The van der Waals surface area contributed by atoms with Gasteiger partial charge in [-0.2, -0.15) is 0 Å². The number of thioether (sulfide) groups is 1. The van der Waals surface area contributed by atoms with Crippen molar-refractivity contribution in [1.82, 2.24) is 10.2 Å². The van der Waals surface area contributed by atoms with Crippen molar-refractivity contribution in [2.75, 3.05) is 10.2 Å². The number of alkyl halides is 1. The predicted molar refractivity (Wildman–Crippen MR) is 152 cm³/mol. The van der Waals surface area contributed by atoms with E-state index in [2.05, 4.69) is 27.9 Å². The van der Waals surface area contributed by atoms with E-state index in [-0.39, 0.29) is 23.6 Å². The van der Waals surface area contributed by atoms with Gasteiger partial charge in [0.2, 0.25) is 5.91 Å². The fourth-order valence-corrected chi connectivity index (χ4v) is 6.87. The molecule has 2 aliphatic rings. The number of benzene rings is 3. The number of rotatable bonds is 8. The minimum absolute atomic E-state index is 0.196. The van der Waals surface area contributed by atoms with Crippen LogP contribution in [-0.2, 0) is 25.5 Å². The number of nitrogens with one attached hydrogen (secondary N) is 1. The minimum atomic E-state index is -0.668. The standard InChI is InChI=1S/C29H25IN2O4S/c30-17-22-18-37-28-24(31-23(33)16-19-10-4-1-5-11-19)27(34)32(28)25(22)29(35)36-26(20-12-6-2-7-13-20)21-14-8-3-9-15-21/h1-15,24,26,28H,16-18H2,(H,31,33). The summed E-state index contributed by atoms with van der Waals surface area (Å²) in [6.07, 6.45) is -0.412. The lowest BCUT2D eigenvalue weighted by Crippen LogP contribution is -2.70. The highest BCUT2D eigenvalue weighted by molar-refractivity contribution is 14.1. The summed E-state index contributed by atoms with van der Waals surface area (Å²) in [5, 5.41) is 2.53. The Balaban J connectivity index is 1.35. The highest BCUT2D eigenvalue weighted by Gasteiger charge is 2.54. The van der Waals surface area contributed by atoms with Crippen LogP contribution in [0, 0.1) is 0 Å². The van der Waals surface area contributed by atoms with Gasteiger partial charge in [0.15, 0.2) is 6.10 Å². The molecule has 8 heteroatoms. The maximum absolute atomic E-state index is 13.7. The second kappa shape index (κ2) is 11.5. The average molecular weight is 625 g/mol. The highest BCUT2D eigenvalue weighted by atomic mass is 127. The van der Waals surface area contributed by atoms with E-state index in [0.717, 1.165) is 22.3 Å². The lowest BCUT2D eigenvalue weighted by Gasteiger charge is -2.49. The van der Waals surface area contributed by atoms with Crippen LogP contribution in [0.5, 0.6) is 0 Å². The second-order valence-corrected chi connectivity index (χ2v) is 10.7. The monoisotopic (exact) mass is 624 g/mol. The fourth-order valence-electron chi connectivity index (χ4n) is 4.53. The van der Waals surface area contributed by atoms with Crippen LogP contribution < -0.4 is 5.32 Å². The Bertz CT molecular complexity index is 1280. The number of fused-ring (bicyclic) bond motifs is 1. The van der Waals surface area contributed by atoms with Crippen molar-refractivity contribution in [3.8, 4) is 0 Å². The van der Waals surface area contributed by atoms with Gasteiger partial charge in [-0.05, 0) is 22.3 Å². The highest BCUT2D eigenvalue weighted by Crippen LogP contribution is 2.42. The summed E-state index contributed by atoms with van der Waals surface area (Å²) in [5.41, 5.74) is 3.73. The van der Waals surface area contributed by atoms with Gasteiger partial charge in [0.25, 0.3) is 5.91 Å². The molecule has 2 aliphatic heterocycles. The maximum atomic E-state index is 13.7. The Labute approximate surface area is 233 Å². The number of esters is 1. The van der Waals surface area contributed by atoms with E-state index >= 15 is 0 Å². The number of amides is 2. The lowest BCUT2D eigenvalue weighted by molar-refractivity contribution is -0.154. The van der Waals surface area contributed by atoms with Crippen LogP contribution in [0.2, 0.25) is 0 Å². The molecule has 3 aromatic rings. The van der Waals surface area contributed by atoms with Gasteiger partial charge in [0.05, 0.1) is 6.42 Å². The Morgan fingerprint density at radius 1 is 0.946 bits per heavy atom. The van der Waals surface area contributed by atoms with Gasteiger partial charge in [-0.1, -0.05) is 114 Å². The number of hydrogen-bond acceptors (Lipinski definition) is 5. The molecule has 0 aliphatic carbocycles. The average Bonchev–Trinajstić information content (AvgIpc) is 2.95. The maximum Gasteiger partial charge on any atom is 0.356 e. The predicted octanol–water partition coefficient (Wildman–Crippen LogP) is 4.65. The molecule has 2 amide bonds.